The molecule has 0 atom stereocenters. The van der Waals surface area contributed by atoms with E-state index in [4.69, 9.17) is 23.2 Å². The number of aromatic nitrogens is 1. The molecule has 3 rings (SSSR count). The molecule has 0 aliphatic carbocycles. The number of amides is 2. The number of nitrogens with one attached hydrogen (secondary N) is 2. The SMILES string of the molecule is O=C(Nc1ccc(Cl)c(Cl)c1)Nc1ccc2ccccc2n1. The smallest absolute Gasteiger partial charge is 0.308 e. The van der Waals surface area contributed by atoms with Crippen LogP contribution in [-0.2, 0) is 0 Å². The number of pyridine rings is 1. The zero-order valence-electron chi connectivity index (χ0n) is 11.3. The first-order chi connectivity index (χ1) is 10.6. The highest BCUT2D eigenvalue weighted by molar-refractivity contribution is 6.42. The molecule has 110 valence electrons. The number of para-hydroxylation sites is 1. The van der Waals surface area contributed by atoms with Gasteiger partial charge in [0.05, 0.1) is 15.6 Å². The fraction of sp³-hybridized carbons (Fsp3) is 0. The van der Waals surface area contributed by atoms with E-state index in [-0.39, 0.29) is 0 Å². The van der Waals surface area contributed by atoms with E-state index in [1.54, 1.807) is 24.3 Å². The Morgan fingerprint density at radius 2 is 1.73 bits per heavy atom. The molecule has 0 bridgehead atoms. The maximum atomic E-state index is 12.0. The van der Waals surface area contributed by atoms with Crippen LogP contribution in [0.15, 0.2) is 54.6 Å². The lowest BCUT2D eigenvalue weighted by Gasteiger charge is -2.08. The molecule has 0 saturated carbocycles. The Balaban J connectivity index is 1.73. The van der Waals surface area contributed by atoms with Crippen LogP contribution < -0.4 is 10.6 Å². The van der Waals surface area contributed by atoms with Crippen molar-refractivity contribution in [3.63, 3.8) is 0 Å². The molecule has 0 unspecified atom stereocenters. The number of hydrogen-bond donors (Lipinski definition) is 2. The Morgan fingerprint density at radius 1 is 0.909 bits per heavy atom. The second-order valence-electron chi connectivity index (χ2n) is 4.60. The number of nitrogens with zero attached hydrogens (tertiary/aromatic N) is 1. The van der Waals surface area contributed by atoms with Gasteiger partial charge in [0.2, 0.25) is 0 Å². The number of hydrogen-bond acceptors (Lipinski definition) is 2. The van der Waals surface area contributed by atoms with Crippen molar-refractivity contribution in [1.82, 2.24) is 4.98 Å². The van der Waals surface area contributed by atoms with Gasteiger partial charge >= 0.3 is 6.03 Å². The number of carbonyl (C=O) groups excluding carboxylic acids is 1. The minimum absolute atomic E-state index is 0.378. The maximum absolute atomic E-state index is 12.0. The van der Waals surface area contributed by atoms with Gasteiger partial charge in [-0.3, -0.25) is 5.32 Å². The van der Waals surface area contributed by atoms with Crippen LogP contribution in [-0.4, -0.2) is 11.0 Å². The van der Waals surface area contributed by atoms with Crippen molar-refractivity contribution in [2.45, 2.75) is 0 Å². The quantitative estimate of drug-likeness (QED) is 0.679. The second kappa shape index (κ2) is 6.22. The lowest BCUT2D eigenvalue weighted by molar-refractivity contribution is 0.262. The fourth-order valence-corrected chi connectivity index (χ4v) is 2.29. The summed E-state index contributed by atoms with van der Waals surface area (Å²) >= 11 is 11.7. The summed E-state index contributed by atoms with van der Waals surface area (Å²) in [7, 11) is 0. The van der Waals surface area contributed by atoms with Gasteiger partial charge in [-0.2, -0.15) is 0 Å². The molecule has 6 heteroatoms. The largest absolute Gasteiger partial charge is 0.324 e. The van der Waals surface area contributed by atoms with Crippen molar-refractivity contribution in [2.75, 3.05) is 10.6 Å². The van der Waals surface area contributed by atoms with Gasteiger partial charge in [-0.25, -0.2) is 9.78 Å². The Morgan fingerprint density at radius 3 is 2.55 bits per heavy atom. The average molecular weight is 332 g/mol. The monoisotopic (exact) mass is 331 g/mol. The molecule has 2 aromatic carbocycles. The minimum Gasteiger partial charge on any atom is -0.308 e. The number of carbonyl (C=O) groups is 1. The second-order valence-corrected chi connectivity index (χ2v) is 5.41. The molecule has 0 saturated heterocycles. The molecule has 0 fully saturated rings. The average Bonchev–Trinajstić information content (AvgIpc) is 2.51. The van der Waals surface area contributed by atoms with E-state index in [0.717, 1.165) is 10.9 Å². The van der Waals surface area contributed by atoms with Gasteiger partial charge in [-0.1, -0.05) is 41.4 Å². The highest BCUT2D eigenvalue weighted by Crippen LogP contribution is 2.25. The number of urea groups is 1. The molecule has 0 aliphatic rings. The molecule has 3 aromatic rings. The minimum atomic E-state index is -0.402. The van der Waals surface area contributed by atoms with Gasteiger partial charge in [0, 0.05) is 11.1 Å². The summed E-state index contributed by atoms with van der Waals surface area (Å²) < 4.78 is 0. The van der Waals surface area contributed by atoms with Gasteiger partial charge in [-0.05, 0) is 36.4 Å². The van der Waals surface area contributed by atoms with E-state index in [1.807, 2.05) is 30.3 Å². The van der Waals surface area contributed by atoms with E-state index >= 15 is 0 Å². The van der Waals surface area contributed by atoms with Gasteiger partial charge in [0.25, 0.3) is 0 Å². The highest BCUT2D eigenvalue weighted by Gasteiger charge is 2.06. The van der Waals surface area contributed by atoms with Gasteiger partial charge in [0.1, 0.15) is 5.82 Å². The molecule has 1 aromatic heterocycles. The summed E-state index contributed by atoms with van der Waals surface area (Å²) in [6.45, 7) is 0. The van der Waals surface area contributed by atoms with Crippen LogP contribution in [0.5, 0.6) is 0 Å². The molecule has 1 heterocycles. The standard InChI is InChI=1S/C16H11Cl2N3O/c17-12-7-6-11(9-13(12)18)19-16(22)21-15-8-5-10-3-1-2-4-14(10)20-15/h1-9H,(H2,19,20,21,22). The van der Waals surface area contributed by atoms with E-state index < -0.39 is 6.03 Å². The highest BCUT2D eigenvalue weighted by atomic mass is 35.5. The first kappa shape index (κ1) is 14.6. The molecule has 2 amide bonds. The molecule has 0 aliphatic heterocycles. The predicted molar refractivity (Wildman–Crippen MR) is 90.8 cm³/mol. The summed E-state index contributed by atoms with van der Waals surface area (Å²) in [5, 5.41) is 7.18. The van der Waals surface area contributed by atoms with Gasteiger partial charge in [0.15, 0.2) is 0 Å². The van der Waals surface area contributed by atoms with Crippen LogP contribution >= 0.6 is 23.2 Å². The van der Waals surface area contributed by atoms with Crippen LogP contribution in [0.25, 0.3) is 10.9 Å². The first-order valence-corrected chi connectivity index (χ1v) is 7.26. The van der Waals surface area contributed by atoms with Crippen molar-refractivity contribution < 1.29 is 4.79 Å². The summed E-state index contributed by atoms with van der Waals surface area (Å²) in [6.07, 6.45) is 0. The summed E-state index contributed by atoms with van der Waals surface area (Å²) in [4.78, 5) is 16.3. The lowest BCUT2D eigenvalue weighted by Crippen LogP contribution is -2.20. The van der Waals surface area contributed by atoms with E-state index in [2.05, 4.69) is 15.6 Å². The molecular formula is C16H11Cl2N3O. The third kappa shape index (κ3) is 3.30. The number of halogens is 2. The van der Waals surface area contributed by atoms with Gasteiger partial charge in [-0.15, -0.1) is 0 Å². The zero-order valence-corrected chi connectivity index (χ0v) is 12.8. The molecule has 0 spiro atoms. The van der Waals surface area contributed by atoms with Gasteiger partial charge < -0.3 is 5.32 Å². The van der Waals surface area contributed by atoms with Crippen LogP contribution in [0.1, 0.15) is 0 Å². The maximum Gasteiger partial charge on any atom is 0.324 e. The van der Waals surface area contributed by atoms with Crippen LogP contribution in [0.4, 0.5) is 16.3 Å². The van der Waals surface area contributed by atoms with Crippen molar-refractivity contribution in [1.29, 1.82) is 0 Å². The van der Waals surface area contributed by atoms with Crippen molar-refractivity contribution in [2.24, 2.45) is 0 Å². The molecule has 4 nitrogen and oxygen atoms in total. The van der Waals surface area contributed by atoms with Crippen LogP contribution in [0.3, 0.4) is 0 Å². The Kier molecular flexibility index (Phi) is 4.13. The normalized spacial score (nSPS) is 10.5. The predicted octanol–water partition coefficient (Wildman–Crippen LogP) is 5.19. The van der Waals surface area contributed by atoms with E-state index in [9.17, 15) is 4.79 Å². The molecule has 2 N–H and O–H groups in total. The lowest BCUT2D eigenvalue weighted by atomic mass is 10.2. The molecule has 0 radical (unpaired) electrons. The number of anilines is 2. The third-order valence-corrected chi connectivity index (χ3v) is 3.76. The summed E-state index contributed by atoms with van der Waals surface area (Å²) in [5.41, 5.74) is 1.36. The summed E-state index contributed by atoms with van der Waals surface area (Å²) in [5.74, 6) is 0.469. The van der Waals surface area contributed by atoms with E-state index in [1.165, 1.54) is 0 Å². The number of fused-ring (bicyclic) bond motifs is 1. The Bertz CT molecular complexity index is 852. The third-order valence-electron chi connectivity index (χ3n) is 3.02. The number of rotatable bonds is 2. The molecular weight excluding hydrogens is 321 g/mol. The van der Waals surface area contributed by atoms with Crippen molar-refractivity contribution >= 4 is 51.6 Å². The van der Waals surface area contributed by atoms with E-state index in [0.29, 0.717) is 21.6 Å². The summed E-state index contributed by atoms with van der Waals surface area (Å²) in [6, 6.07) is 15.8. The fourth-order valence-electron chi connectivity index (χ4n) is 1.99. The topological polar surface area (TPSA) is 54.0 Å². The Hall–Kier alpha value is -2.30. The number of benzene rings is 2. The molecule has 22 heavy (non-hydrogen) atoms. The van der Waals surface area contributed by atoms with Crippen LogP contribution in [0.2, 0.25) is 10.0 Å². The van der Waals surface area contributed by atoms with Crippen molar-refractivity contribution in [3.8, 4) is 0 Å². The van der Waals surface area contributed by atoms with Crippen LogP contribution in [0, 0.1) is 0 Å². The van der Waals surface area contributed by atoms with Crippen molar-refractivity contribution in [3.05, 3.63) is 64.6 Å². The zero-order chi connectivity index (χ0) is 15.5. The first-order valence-electron chi connectivity index (χ1n) is 6.51. The Labute approximate surface area is 137 Å².